The maximum atomic E-state index is 11.4. The van der Waals surface area contributed by atoms with E-state index in [0.29, 0.717) is 32.7 Å². The van der Waals surface area contributed by atoms with Gasteiger partial charge in [-0.3, -0.25) is 4.79 Å². The maximum absolute atomic E-state index is 11.4. The van der Waals surface area contributed by atoms with Gasteiger partial charge in [-0.05, 0) is 27.7 Å². The summed E-state index contributed by atoms with van der Waals surface area (Å²) in [5.41, 5.74) is -0.189. The van der Waals surface area contributed by atoms with Crippen molar-refractivity contribution in [2.45, 2.75) is 45.8 Å². The third-order valence-electron chi connectivity index (χ3n) is 1.94. The summed E-state index contributed by atoms with van der Waals surface area (Å²) < 4.78 is 5.07. The van der Waals surface area contributed by atoms with E-state index in [1.807, 2.05) is 27.7 Å². The van der Waals surface area contributed by atoms with Crippen LogP contribution in [0.25, 0.3) is 0 Å². The number of nitrogens with one attached hydrogen (secondary N) is 2. The van der Waals surface area contributed by atoms with Crippen molar-refractivity contribution in [2.24, 2.45) is 0 Å². The molecule has 0 fully saturated rings. The molecule has 0 spiro atoms. The van der Waals surface area contributed by atoms with Crippen molar-refractivity contribution < 1.29 is 14.6 Å². The second-order valence-electron chi connectivity index (χ2n) is 5.07. The van der Waals surface area contributed by atoms with Crippen LogP contribution < -0.4 is 10.6 Å². The summed E-state index contributed by atoms with van der Waals surface area (Å²) in [6.07, 6.45) is -0.0980. The number of rotatable bonds is 8. The quantitative estimate of drug-likeness (QED) is 0.538. The van der Waals surface area contributed by atoms with E-state index in [9.17, 15) is 9.90 Å². The molecule has 0 aromatic heterocycles. The van der Waals surface area contributed by atoms with Gasteiger partial charge in [-0.1, -0.05) is 0 Å². The standard InChI is InChI=1S/C12H26N2O3/c1-5-17-9-10(15)8-13-7-6-11(16)14-12(2,3)4/h10,13,15H,5-9H2,1-4H3,(H,14,16). The number of hydrogen-bond acceptors (Lipinski definition) is 4. The van der Waals surface area contributed by atoms with Crippen molar-refractivity contribution in [1.82, 2.24) is 10.6 Å². The summed E-state index contributed by atoms with van der Waals surface area (Å²) in [6, 6.07) is 0. The predicted molar refractivity (Wildman–Crippen MR) is 67.9 cm³/mol. The first-order valence-electron chi connectivity index (χ1n) is 6.12. The van der Waals surface area contributed by atoms with Crippen LogP contribution in [-0.2, 0) is 9.53 Å². The van der Waals surface area contributed by atoms with E-state index in [2.05, 4.69) is 10.6 Å². The molecule has 102 valence electrons. The fourth-order valence-electron chi connectivity index (χ4n) is 1.26. The van der Waals surface area contributed by atoms with Crippen LogP contribution in [-0.4, -0.2) is 49.0 Å². The van der Waals surface area contributed by atoms with Crippen LogP contribution in [0.1, 0.15) is 34.1 Å². The topological polar surface area (TPSA) is 70.6 Å². The van der Waals surface area contributed by atoms with E-state index >= 15 is 0 Å². The van der Waals surface area contributed by atoms with Crippen LogP contribution in [0.2, 0.25) is 0 Å². The summed E-state index contributed by atoms with van der Waals surface area (Å²) in [5, 5.41) is 15.3. The lowest BCUT2D eigenvalue weighted by Gasteiger charge is -2.20. The molecule has 5 heteroatoms. The highest BCUT2D eigenvalue weighted by molar-refractivity contribution is 5.76. The highest BCUT2D eigenvalue weighted by Crippen LogP contribution is 1.98. The monoisotopic (exact) mass is 246 g/mol. The smallest absolute Gasteiger partial charge is 0.221 e. The number of hydrogen-bond donors (Lipinski definition) is 3. The molecule has 0 aliphatic heterocycles. The number of carbonyl (C=O) groups is 1. The van der Waals surface area contributed by atoms with E-state index in [1.165, 1.54) is 0 Å². The minimum atomic E-state index is -0.513. The van der Waals surface area contributed by atoms with Gasteiger partial charge in [-0.25, -0.2) is 0 Å². The Balaban J connectivity index is 3.48. The Labute approximate surface area is 104 Å². The summed E-state index contributed by atoms with van der Waals surface area (Å²) >= 11 is 0. The van der Waals surface area contributed by atoms with Gasteiger partial charge >= 0.3 is 0 Å². The first kappa shape index (κ1) is 16.4. The lowest BCUT2D eigenvalue weighted by molar-refractivity contribution is -0.122. The van der Waals surface area contributed by atoms with Gasteiger partial charge in [0.15, 0.2) is 0 Å². The van der Waals surface area contributed by atoms with Crippen molar-refractivity contribution >= 4 is 5.91 Å². The molecule has 1 amide bonds. The Hall–Kier alpha value is -0.650. The van der Waals surface area contributed by atoms with E-state index in [4.69, 9.17) is 4.74 Å². The molecule has 3 N–H and O–H groups in total. The average molecular weight is 246 g/mol. The molecule has 0 saturated carbocycles. The van der Waals surface area contributed by atoms with Crippen LogP contribution in [0.4, 0.5) is 0 Å². The first-order chi connectivity index (χ1) is 7.85. The van der Waals surface area contributed by atoms with Gasteiger partial charge in [0, 0.05) is 31.7 Å². The Morgan fingerprint density at radius 1 is 1.41 bits per heavy atom. The summed E-state index contributed by atoms with van der Waals surface area (Å²) in [4.78, 5) is 11.4. The number of ether oxygens (including phenoxy) is 1. The van der Waals surface area contributed by atoms with Crippen LogP contribution in [0.15, 0.2) is 0 Å². The van der Waals surface area contributed by atoms with Crippen LogP contribution in [0, 0.1) is 0 Å². The number of aliphatic hydroxyl groups is 1. The van der Waals surface area contributed by atoms with E-state index in [-0.39, 0.29) is 11.4 Å². The highest BCUT2D eigenvalue weighted by atomic mass is 16.5. The fraction of sp³-hybridized carbons (Fsp3) is 0.917. The Morgan fingerprint density at radius 2 is 2.06 bits per heavy atom. The number of amides is 1. The van der Waals surface area contributed by atoms with Crippen molar-refractivity contribution in [2.75, 3.05) is 26.3 Å². The van der Waals surface area contributed by atoms with Gasteiger partial charge in [0.1, 0.15) is 0 Å². The molecule has 0 radical (unpaired) electrons. The fourth-order valence-corrected chi connectivity index (χ4v) is 1.26. The van der Waals surface area contributed by atoms with Gasteiger partial charge in [-0.2, -0.15) is 0 Å². The zero-order chi connectivity index (χ0) is 13.3. The highest BCUT2D eigenvalue weighted by Gasteiger charge is 2.13. The summed E-state index contributed by atoms with van der Waals surface area (Å²) in [7, 11) is 0. The molecule has 5 nitrogen and oxygen atoms in total. The third kappa shape index (κ3) is 11.6. The third-order valence-corrected chi connectivity index (χ3v) is 1.94. The van der Waals surface area contributed by atoms with Crippen LogP contribution in [0.5, 0.6) is 0 Å². The maximum Gasteiger partial charge on any atom is 0.221 e. The molecule has 0 heterocycles. The van der Waals surface area contributed by atoms with E-state index in [0.717, 1.165) is 0 Å². The Morgan fingerprint density at radius 3 is 2.59 bits per heavy atom. The van der Waals surface area contributed by atoms with Crippen molar-refractivity contribution in [3.63, 3.8) is 0 Å². The molecule has 0 aliphatic rings. The van der Waals surface area contributed by atoms with Crippen molar-refractivity contribution in [3.8, 4) is 0 Å². The molecule has 0 aromatic rings. The molecule has 0 bridgehead atoms. The second-order valence-corrected chi connectivity index (χ2v) is 5.07. The van der Waals surface area contributed by atoms with E-state index < -0.39 is 6.10 Å². The molecule has 0 aromatic carbocycles. The molecule has 1 unspecified atom stereocenters. The molecule has 0 rings (SSSR count). The second kappa shape index (κ2) is 8.44. The minimum Gasteiger partial charge on any atom is -0.389 e. The van der Waals surface area contributed by atoms with Gasteiger partial charge < -0.3 is 20.5 Å². The SMILES string of the molecule is CCOCC(O)CNCCC(=O)NC(C)(C)C. The normalized spacial score (nSPS) is 13.5. The number of aliphatic hydroxyl groups excluding tert-OH is 1. The zero-order valence-corrected chi connectivity index (χ0v) is 11.4. The minimum absolute atomic E-state index is 0.0179. The van der Waals surface area contributed by atoms with Crippen molar-refractivity contribution in [3.05, 3.63) is 0 Å². The van der Waals surface area contributed by atoms with Gasteiger partial charge in [-0.15, -0.1) is 0 Å². The van der Waals surface area contributed by atoms with Gasteiger partial charge in [0.2, 0.25) is 5.91 Å². The lowest BCUT2D eigenvalue weighted by atomic mass is 10.1. The first-order valence-corrected chi connectivity index (χ1v) is 6.12. The molecule has 1 atom stereocenters. The predicted octanol–water partition coefficient (Wildman–Crippen LogP) is 0.278. The van der Waals surface area contributed by atoms with Gasteiger partial charge in [0.25, 0.3) is 0 Å². The summed E-state index contributed by atoms with van der Waals surface area (Å²) in [5.74, 6) is 0.0179. The number of carbonyl (C=O) groups excluding carboxylic acids is 1. The largest absolute Gasteiger partial charge is 0.389 e. The van der Waals surface area contributed by atoms with E-state index in [1.54, 1.807) is 0 Å². The average Bonchev–Trinajstić information content (AvgIpc) is 2.19. The molecular weight excluding hydrogens is 220 g/mol. The molecule has 17 heavy (non-hydrogen) atoms. The molecule has 0 saturated heterocycles. The van der Waals surface area contributed by atoms with Gasteiger partial charge in [0.05, 0.1) is 12.7 Å². The zero-order valence-electron chi connectivity index (χ0n) is 11.4. The van der Waals surface area contributed by atoms with Crippen molar-refractivity contribution in [1.29, 1.82) is 0 Å². The Bertz CT molecular complexity index is 214. The van der Waals surface area contributed by atoms with Crippen LogP contribution >= 0.6 is 0 Å². The molecule has 0 aliphatic carbocycles. The van der Waals surface area contributed by atoms with Crippen LogP contribution in [0.3, 0.4) is 0 Å². The molecular formula is C12H26N2O3. The lowest BCUT2D eigenvalue weighted by Crippen LogP contribution is -2.42. The Kier molecular flexibility index (Phi) is 8.12. The summed E-state index contributed by atoms with van der Waals surface area (Å²) in [6.45, 7) is 9.67.